The Balaban J connectivity index is 2.82. The smallest absolute Gasteiger partial charge is 0.179 e. The minimum absolute atomic E-state index is 0.287. The van der Waals surface area contributed by atoms with Crippen molar-refractivity contribution < 1.29 is 12.8 Å². The van der Waals surface area contributed by atoms with Gasteiger partial charge in [0.2, 0.25) is 0 Å². The van der Waals surface area contributed by atoms with Crippen molar-refractivity contribution in [2.75, 3.05) is 6.26 Å². The van der Waals surface area contributed by atoms with Crippen molar-refractivity contribution in [3.8, 4) is 0 Å². The molecule has 4 heteroatoms. The highest BCUT2D eigenvalue weighted by Gasteiger charge is 2.15. The lowest BCUT2D eigenvalue weighted by atomic mass is 10.4. The Morgan fingerprint density at radius 1 is 1.36 bits per heavy atom. The molecule has 0 fully saturated rings. The molecule has 2 heterocycles. The molecule has 3 nitrogen and oxygen atoms in total. The largest absolute Gasteiger partial charge is 0.456 e. The Bertz CT molecular complexity index is 466. The summed E-state index contributed by atoms with van der Waals surface area (Å²) in [6.45, 7) is 0. The molecule has 0 saturated carbocycles. The molecule has 0 unspecified atom stereocenters. The number of benzene rings is 1. The van der Waals surface area contributed by atoms with Gasteiger partial charge in [0.15, 0.2) is 9.84 Å². The normalized spacial score (nSPS) is 12.8. The van der Waals surface area contributed by atoms with Crippen LogP contribution in [0.2, 0.25) is 0 Å². The van der Waals surface area contributed by atoms with Crippen LogP contribution in [0.1, 0.15) is 0 Å². The molecule has 2 aromatic rings. The number of rotatable bonds is 1. The van der Waals surface area contributed by atoms with Gasteiger partial charge in [0, 0.05) is 12.3 Å². The third kappa shape index (κ3) is 0.903. The van der Waals surface area contributed by atoms with E-state index in [9.17, 15) is 8.42 Å². The lowest BCUT2D eigenvalue weighted by Gasteiger charge is -1.89. The van der Waals surface area contributed by atoms with E-state index < -0.39 is 9.84 Å². The average molecular weight is 170 g/mol. The van der Waals surface area contributed by atoms with Crippen LogP contribution in [0.5, 0.6) is 0 Å². The minimum Gasteiger partial charge on any atom is -0.456 e. The first-order valence-electron chi connectivity index (χ1n) is 3.09. The maximum atomic E-state index is 11.0. The molecule has 0 aliphatic rings. The van der Waals surface area contributed by atoms with Gasteiger partial charge in [-0.25, -0.2) is 8.42 Å². The Hall–Kier alpha value is -1.03. The van der Waals surface area contributed by atoms with Gasteiger partial charge in [-0.1, -0.05) is 0 Å². The number of furan rings is 2. The number of fused-ring (bicyclic) bond motifs is 2. The molecule has 0 amide bonds. The summed E-state index contributed by atoms with van der Waals surface area (Å²) in [6.07, 6.45) is 1.17. The van der Waals surface area contributed by atoms with E-state index in [0.717, 1.165) is 0 Å². The van der Waals surface area contributed by atoms with Crippen LogP contribution >= 0.6 is 0 Å². The molecular formula is C7H6O3S. The Kier molecular flexibility index (Phi) is 1.07. The van der Waals surface area contributed by atoms with E-state index in [1.807, 2.05) is 0 Å². The van der Waals surface area contributed by atoms with Crippen LogP contribution < -0.4 is 0 Å². The van der Waals surface area contributed by atoms with Crippen LogP contribution in [-0.4, -0.2) is 14.7 Å². The second kappa shape index (κ2) is 1.76. The summed E-state index contributed by atoms with van der Waals surface area (Å²) < 4.78 is 27.1. The fourth-order valence-electron chi connectivity index (χ4n) is 1.05. The molecule has 2 aromatic heterocycles. The molecule has 0 atom stereocenters. The summed E-state index contributed by atoms with van der Waals surface area (Å²) >= 11 is 0. The second-order valence-electron chi connectivity index (χ2n) is 2.48. The summed E-state index contributed by atoms with van der Waals surface area (Å²) in [7, 11) is -3.11. The molecule has 2 rings (SSSR count). The van der Waals surface area contributed by atoms with E-state index in [0.29, 0.717) is 11.2 Å². The highest BCUT2D eigenvalue weighted by molar-refractivity contribution is 7.91. The first kappa shape index (κ1) is 6.67. The van der Waals surface area contributed by atoms with Crippen molar-refractivity contribution in [1.29, 1.82) is 0 Å². The lowest BCUT2D eigenvalue weighted by Crippen LogP contribution is -1.94. The zero-order valence-corrected chi connectivity index (χ0v) is 6.68. The van der Waals surface area contributed by atoms with Crippen molar-refractivity contribution in [2.45, 2.75) is 4.90 Å². The zero-order chi connectivity index (χ0) is 8.06. The molecule has 58 valence electrons. The summed E-state index contributed by atoms with van der Waals surface area (Å²) in [5.74, 6) is 0. The second-order valence-corrected chi connectivity index (χ2v) is 4.47. The summed E-state index contributed by atoms with van der Waals surface area (Å²) in [5.41, 5.74) is 1.06. The Labute approximate surface area is 63.9 Å². The topological polar surface area (TPSA) is 47.3 Å². The first-order chi connectivity index (χ1) is 5.07. The third-order valence-electron chi connectivity index (χ3n) is 1.54. The van der Waals surface area contributed by atoms with Crippen LogP contribution in [0.15, 0.2) is 27.5 Å². The standard InChI is InChI=1S/C7H6O3S/c1-11(8,9)7-4-5-2-3-6(7)10-5/h2-4H,1H3. The van der Waals surface area contributed by atoms with Crippen LogP contribution in [-0.2, 0) is 9.84 Å². The van der Waals surface area contributed by atoms with Crippen molar-refractivity contribution in [2.24, 2.45) is 0 Å². The van der Waals surface area contributed by atoms with E-state index >= 15 is 0 Å². The van der Waals surface area contributed by atoms with Gasteiger partial charge in [0.05, 0.1) is 0 Å². The van der Waals surface area contributed by atoms with E-state index in [1.165, 1.54) is 12.3 Å². The third-order valence-corrected chi connectivity index (χ3v) is 2.66. The summed E-state index contributed by atoms with van der Waals surface area (Å²) in [6, 6.07) is 4.93. The molecule has 0 spiro atoms. The van der Waals surface area contributed by atoms with Gasteiger partial charge in [-0.3, -0.25) is 0 Å². The Morgan fingerprint density at radius 3 is 2.36 bits per heavy atom. The van der Waals surface area contributed by atoms with E-state index in [-0.39, 0.29) is 4.90 Å². The van der Waals surface area contributed by atoms with Gasteiger partial charge in [0.1, 0.15) is 16.1 Å². The summed E-state index contributed by atoms with van der Waals surface area (Å²) in [4.78, 5) is 0.287. The molecule has 0 N–H and O–H groups in total. The molecule has 0 saturated heterocycles. The van der Waals surface area contributed by atoms with E-state index in [4.69, 9.17) is 4.42 Å². The quantitative estimate of drug-likeness (QED) is 0.647. The van der Waals surface area contributed by atoms with Crippen molar-refractivity contribution in [1.82, 2.24) is 0 Å². The first-order valence-corrected chi connectivity index (χ1v) is 4.98. The molecular weight excluding hydrogens is 164 g/mol. The summed E-state index contributed by atoms with van der Waals surface area (Å²) in [5, 5.41) is 0. The number of sulfone groups is 1. The molecule has 11 heavy (non-hydrogen) atoms. The van der Waals surface area contributed by atoms with Crippen molar-refractivity contribution in [3.05, 3.63) is 18.2 Å². The van der Waals surface area contributed by atoms with Gasteiger partial charge in [0.25, 0.3) is 0 Å². The maximum Gasteiger partial charge on any atom is 0.179 e. The minimum atomic E-state index is -3.11. The van der Waals surface area contributed by atoms with Crippen molar-refractivity contribution in [3.63, 3.8) is 0 Å². The van der Waals surface area contributed by atoms with Crippen LogP contribution in [0.25, 0.3) is 11.2 Å². The predicted molar refractivity (Wildman–Crippen MR) is 40.5 cm³/mol. The molecule has 0 aromatic carbocycles. The van der Waals surface area contributed by atoms with E-state index in [1.54, 1.807) is 12.1 Å². The van der Waals surface area contributed by atoms with Gasteiger partial charge in [-0.2, -0.15) is 0 Å². The van der Waals surface area contributed by atoms with Crippen LogP contribution in [0.3, 0.4) is 0 Å². The van der Waals surface area contributed by atoms with Crippen molar-refractivity contribution >= 4 is 21.0 Å². The van der Waals surface area contributed by atoms with Gasteiger partial charge < -0.3 is 4.42 Å². The predicted octanol–water partition coefficient (Wildman–Crippen LogP) is 1.27. The molecule has 0 radical (unpaired) electrons. The highest BCUT2D eigenvalue weighted by atomic mass is 32.2. The average Bonchev–Trinajstić information content (AvgIpc) is 2.42. The fourth-order valence-corrected chi connectivity index (χ4v) is 1.86. The number of hydrogen-bond donors (Lipinski definition) is 0. The highest BCUT2D eigenvalue weighted by Crippen LogP contribution is 2.25. The van der Waals surface area contributed by atoms with E-state index in [2.05, 4.69) is 0 Å². The Morgan fingerprint density at radius 2 is 2.09 bits per heavy atom. The fraction of sp³-hybridized carbons (Fsp3) is 0.143. The molecule has 2 bridgehead atoms. The monoisotopic (exact) mass is 170 g/mol. The number of hydrogen-bond acceptors (Lipinski definition) is 3. The molecule has 0 aliphatic heterocycles. The molecule has 0 aliphatic carbocycles. The SMILES string of the molecule is CS(=O)(=O)c1cc2ccc1o2. The van der Waals surface area contributed by atoms with Gasteiger partial charge in [-0.15, -0.1) is 0 Å². The van der Waals surface area contributed by atoms with Gasteiger partial charge in [-0.05, 0) is 12.1 Å². The zero-order valence-electron chi connectivity index (χ0n) is 5.87. The van der Waals surface area contributed by atoms with Crippen LogP contribution in [0.4, 0.5) is 0 Å². The maximum absolute atomic E-state index is 11.0. The lowest BCUT2D eigenvalue weighted by molar-refractivity contribution is 0.601. The van der Waals surface area contributed by atoms with Crippen LogP contribution in [0, 0.1) is 0 Å². The van der Waals surface area contributed by atoms with Gasteiger partial charge >= 0.3 is 0 Å².